The third kappa shape index (κ3) is 4.92. The van der Waals surface area contributed by atoms with E-state index in [0.29, 0.717) is 5.69 Å². The maximum Gasteiger partial charge on any atom is 0.239 e. The van der Waals surface area contributed by atoms with Gasteiger partial charge in [-0.05, 0) is 25.0 Å². The molecule has 4 nitrogen and oxygen atoms in total. The van der Waals surface area contributed by atoms with Gasteiger partial charge in [-0.1, -0.05) is 25.7 Å². The van der Waals surface area contributed by atoms with E-state index in [1.165, 1.54) is 38.9 Å². The Hall–Kier alpha value is -1.78. The summed E-state index contributed by atoms with van der Waals surface area (Å²) in [6.45, 7) is 0.155. The largest absolute Gasteiger partial charge is 0.494 e. The number of methoxy groups -OCH3 is 1. The number of halogens is 1. The lowest BCUT2D eigenvalue weighted by molar-refractivity contribution is -0.120. The number of carbonyl (C=O) groups excluding carboxylic acids is 1. The predicted octanol–water partition coefficient (Wildman–Crippen LogP) is 3.09. The molecule has 1 amide bonds. The highest BCUT2D eigenvalue weighted by atomic mass is 19.1. The zero-order chi connectivity index (χ0) is 15.1. The van der Waals surface area contributed by atoms with Crippen LogP contribution in [0.4, 0.5) is 10.1 Å². The Labute approximate surface area is 125 Å². The van der Waals surface area contributed by atoms with Crippen LogP contribution in [-0.4, -0.2) is 25.6 Å². The van der Waals surface area contributed by atoms with E-state index in [9.17, 15) is 9.18 Å². The number of benzene rings is 1. The highest BCUT2D eigenvalue weighted by Crippen LogP contribution is 2.20. The monoisotopic (exact) mass is 294 g/mol. The van der Waals surface area contributed by atoms with E-state index in [1.807, 2.05) is 0 Å². The predicted molar refractivity (Wildman–Crippen MR) is 81.1 cm³/mol. The van der Waals surface area contributed by atoms with Crippen LogP contribution in [0.25, 0.3) is 0 Å². The first-order chi connectivity index (χ1) is 10.2. The van der Waals surface area contributed by atoms with Crippen molar-refractivity contribution < 1.29 is 13.9 Å². The van der Waals surface area contributed by atoms with E-state index in [-0.39, 0.29) is 24.2 Å². The standard InChI is InChI=1S/C16H23FN2O2/c1-21-15-9-8-13(10-14(15)17)18-11-16(20)19-12-6-4-2-3-5-7-12/h8-10,12,18H,2-7,11H2,1H3,(H,19,20). The van der Waals surface area contributed by atoms with Crippen LogP contribution in [0, 0.1) is 5.82 Å². The van der Waals surface area contributed by atoms with Gasteiger partial charge in [-0.2, -0.15) is 0 Å². The molecule has 21 heavy (non-hydrogen) atoms. The zero-order valence-electron chi connectivity index (χ0n) is 12.5. The summed E-state index contributed by atoms with van der Waals surface area (Å²) in [7, 11) is 1.42. The summed E-state index contributed by atoms with van der Waals surface area (Å²) in [5, 5.41) is 5.98. The Morgan fingerprint density at radius 3 is 2.62 bits per heavy atom. The molecule has 0 unspecified atom stereocenters. The summed E-state index contributed by atoms with van der Waals surface area (Å²) in [6.07, 6.45) is 7.00. The lowest BCUT2D eigenvalue weighted by atomic mass is 10.1. The lowest BCUT2D eigenvalue weighted by Gasteiger charge is -2.16. The van der Waals surface area contributed by atoms with Gasteiger partial charge in [-0.25, -0.2) is 4.39 Å². The summed E-state index contributed by atoms with van der Waals surface area (Å²) in [5.41, 5.74) is 0.573. The van der Waals surface area contributed by atoms with E-state index >= 15 is 0 Å². The number of nitrogens with one attached hydrogen (secondary N) is 2. The van der Waals surface area contributed by atoms with Gasteiger partial charge >= 0.3 is 0 Å². The summed E-state index contributed by atoms with van der Waals surface area (Å²) in [4.78, 5) is 11.9. The minimum Gasteiger partial charge on any atom is -0.494 e. The van der Waals surface area contributed by atoms with E-state index < -0.39 is 5.82 Å². The Balaban J connectivity index is 1.79. The number of ether oxygens (including phenoxy) is 1. The number of carbonyl (C=O) groups is 1. The van der Waals surface area contributed by atoms with Crippen LogP contribution in [0.3, 0.4) is 0 Å². The van der Waals surface area contributed by atoms with Crippen molar-refractivity contribution >= 4 is 11.6 Å². The SMILES string of the molecule is COc1ccc(NCC(=O)NC2CCCCCC2)cc1F. The van der Waals surface area contributed by atoms with E-state index in [2.05, 4.69) is 10.6 Å². The molecule has 0 atom stereocenters. The first-order valence-corrected chi connectivity index (χ1v) is 7.56. The van der Waals surface area contributed by atoms with Gasteiger partial charge in [0.2, 0.25) is 5.91 Å². The van der Waals surface area contributed by atoms with Gasteiger partial charge in [0.25, 0.3) is 0 Å². The quantitative estimate of drug-likeness (QED) is 0.821. The molecular formula is C16H23FN2O2. The molecule has 1 aromatic rings. The van der Waals surface area contributed by atoms with Crippen LogP contribution < -0.4 is 15.4 Å². The second-order valence-electron chi connectivity index (χ2n) is 5.46. The molecule has 0 radical (unpaired) electrons. The van der Waals surface area contributed by atoms with Crippen molar-refractivity contribution in [2.45, 2.75) is 44.6 Å². The number of hydrogen-bond acceptors (Lipinski definition) is 3. The maximum atomic E-state index is 13.5. The molecule has 116 valence electrons. The van der Waals surface area contributed by atoms with Crippen molar-refractivity contribution in [1.29, 1.82) is 0 Å². The smallest absolute Gasteiger partial charge is 0.239 e. The van der Waals surface area contributed by atoms with Crippen LogP contribution in [-0.2, 0) is 4.79 Å². The van der Waals surface area contributed by atoms with Gasteiger partial charge < -0.3 is 15.4 Å². The molecule has 1 aliphatic rings. The average Bonchev–Trinajstić information content (AvgIpc) is 2.74. The van der Waals surface area contributed by atoms with Crippen molar-refractivity contribution in [2.75, 3.05) is 19.0 Å². The van der Waals surface area contributed by atoms with Crippen molar-refractivity contribution in [1.82, 2.24) is 5.32 Å². The summed E-state index contributed by atoms with van der Waals surface area (Å²) in [5.74, 6) is -0.284. The number of anilines is 1. The first-order valence-electron chi connectivity index (χ1n) is 7.56. The van der Waals surface area contributed by atoms with Crippen LogP contribution in [0.15, 0.2) is 18.2 Å². The Morgan fingerprint density at radius 2 is 2.00 bits per heavy atom. The molecule has 0 aromatic heterocycles. The second kappa shape index (κ2) is 7.86. The molecular weight excluding hydrogens is 271 g/mol. The van der Waals surface area contributed by atoms with Gasteiger partial charge in [0.1, 0.15) is 0 Å². The fourth-order valence-corrected chi connectivity index (χ4v) is 2.66. The van der Waals surface area contributed by atoms with Crippen molar-refractivity contribution in [3.8, 4) is 5.75 Å². The molecule has 1 aliphatic carbocycles. The Morgan fingerprint density at radius 1 is 1.29 bits per heavy atom. The van der Waals surface area contributed by atoms with Crippen molar-refractivity contribution in [3.05, 3.63) is 24.0 Å². The topological polar surface area (TPSA) is 50.4 Å². The molecule has 0 heterocycles. The van der Waals surface area contributed by atoms with Gasteiger partial charge in [-0.15, -0.1) is 0 Å². The fourth-order valence-electron chi connectivity index (χ4n) is 2.66. The molecule has 0 saturated heterocycles. The minimum absolute atomic E-state index is 0.0434. The maximum absolute atomic E-state index is 13.5. The Bertz CT molecular complexity index is 471. The van der Waals surface area contributed by atoms with Gasteiger partial charge in [0.15, 0.2) is 11.6 Å². The zero-order valence-corrected chi connectivity index (χ0v) is 12.5. The molecule has 1 aromatic carbocycles. The molecule has 2 rings (SSSR count). The first kappa shape index (κ1) is 15.6. The number of rotatable bonds is 5. The van der Waals surface area contributed by atoms with Gasteiger partial charge in [0.05, 0.1) is 13.7 Å². The van der Waals surface area contributed by atoms with E-state index in [1.54, 1.807) is 12.1 Å². The summed E-state index contributed by atoms with van der Waals surface area (Å²) >= 11 is 0. The third-order valence-electron chi connectivity index (χ3n) is 3.83. The number of hydrogen-bond donors (Lipinski definition) is 2. The van der Waals surface area contributed by atoms with Crippen LogP contribution in [0.5, 0.6) is 5.75 Å². The highest BCUT2D eigenvalue weighted by Gasteiger charge is 2.14. The summed E-state index contributed by atoms with van der Waals surface area (Å²) in [6, 6.07) is 4.86. The molecule has 1 saturated carbocycles. The molecule has 0 aliphatic heterocycles. The highest BCUT2D eigenvalue weighted by molar-refractivity contribution is 5.81. The van der Waals surface area contributed by atoms with Crippen molar-refractivity contribution in [2.24, 2.45) is 0 Å². The lowest BCUT2D eigenvalue weighted by Crippen LogP contribution is -2.38. The van der Waals surface area contributed by atoms with Crippen LogP contribution >= 0.6 is 0 Å². The molecule has 1 fully saturated rings. The van der Waals surface area contributed by atoms with E-state index in [4.69, 9.17) is 4.74 Å². The number of amides is 1. The van der Waals surface area contributed by atoms with Crippen LogP contribution in [0.1, 0.15) is 38.5 Å². The van der Waals surface area contributed by atoms with Gasteiger partial charge in [0, 0.05) is 17.8 Å². The molecule has 2 N–H and O–H groups in total. The summed E-state index contributed by atoms with van der Waals surface area (Å²) < 4.78 is 18.4. The molecule has 5 heteroatoms. The molecule has 0 bridgehead atoms. The van der Waals surface area contributed by atoms with E-state index in [0.717, 1.165) is 12.8 Å². The Kier molecular flexibility index (Phi) is 5.84. The third-order valence-corrected chi connectivity index (χ3v) is 3.83. The van der Waals surface area contributed by atoms with Crippen molar-refractivity contribution in [3.63, 3.8) is 0 Å². The normalized spacial score (nSPS) is 16.1. The average molecular weight is 294 g/mol. The minimum atomic E-state index is -0.438. The van der Waals surface area contributed by atoms with Crippen LogP contribution in [0.2, 0.25) is 0 Å². The van der Waals surface area contributed by atoms with Gasteiger partial charge in [-0.3, -0.25) is 4.79 Å². The second-order valence-corrected chi connectivity index (χ2v) is 5.46. The fraction of sp³-hybridized carbons (Fsp3) is 0.562. The molecule has 0 spiro atoms.